The molecule has 0 aliphatic heterocycles. The minimum atomic E-state index is -0.295. The van der Waals surface area contributed by atoms with Crippen LogP contribution in [0.4, 0.5) is 4.39 Å². The van der Waals surface area contributed by atoms with Gasteiger partial charge >= 0.3 is 0 Å². The number of pyridine rings is 1. The van der Waals surface area contributed by atoms with Crippen LogP contribution in [0.2, 0.25) is 0 Å². The molecule has 3 heteroatoms. The van der Waals surface area contributed by atoms with Crippen molar-refractivity contribution in [2.24, 2.45) is 0 Å². The first-order valence-corrected chi connectivity index (χ1v) is 7.60. The van der Waals surface area contributed by atoms with Crippen LogP contribution in [-0.2, 0) is 6.42 Å². The van der Waals surface area contributed by atoms with Crippen LogP contribution in [0.25, 0.3) is 0 Å². The molecule has 21 heavy (non-hydrogen) atoms. The average molecular weight is 286 g/mol. The third-order valence-electron chi connectivity index (χ3n) is 3.85. The smallest absolute Gasteiger partial charge is 0.141 e. The van der Waals surface area contributed by atoms with E-state index < -0.39 is 0 Å². The van der Waals surface area contributed by atoms with E-state index in [1.165, 1.54) is 23.4 Å². The largest absolute Gasteiger partial charge is 0.302 e. The molecule has 0 spiro atoms. The lowest BCUT2D eigenvalue weighted by Gasteiger charge is -2.22. The summed E-state index contributed by atoms with van der Waals surface area (Å²) < 4.78 is 13.0. The first kappa shape index (κ1) is 15.6. The second-order valence-electron chi connectivity index (χ2n) is 5.35. The zero-order chi connectivity index (χ0) is 15.2. The van der Waals surface area contributed by atoms with Gasteiger partial charge in [0, 0.05) is 12.1 Å². The molecule has 0 aliphatic carbocycles. The molecule has 0 saturated carbocycles. The highest BCUT2D eigenvalue weighted by molar-refractivity contribution is 5.25. The van der Waals surface area contributed by atoms with Gasteiger partial charge in [0.15, 0.2) is 0 Å². The summed E-state index contributed by atoms with van der Waals surface area (Å²) >= 11 is 0. The van der Waals surface area contributed by atoms with Crippen molar-refractivity contribution < 1.29 is 4.39 Å². The number of benzene rings is 1. The Bertz CT molecular complexity index is 548. The summed E-state index contributed by atoms with van der Waals surface area (Å²) in [4.78, 5) is 4.19. The maximum Gasteiger partial charge on any atom is 0.141 e. The van der Waals surface area contributed by atoms with Gasteiger partial charge in [-0.15, -0.1) is 0 Å². The lowest BCUT2D eigenvalue weighted by molar-refractivity contribution is 0.447. The molecule has 2 nitrogen and oxygen atoms in total. The highest BCUT2D eigenvalue weighted by atomic mass is 19.1. The van der Waals surface area contributed by atoms with Gasteiger partial charge in [0.05, 0.1) is 11.9 Å². The van der Waals surface area contributed by atoms with Crippen molar-refractivity contribution in [3.8, 4) is 0 Å². The van der Waals surface area contributed by atoms with Crippen molar-refractivity contribution in [3.63, 3.8) is 0 Å². The molecule has 1 heterocycles. The fourth-order valence-electron chi connectivity index (χ4n) is 2.45. The number of hydrogen-bond donors (Lipinski definition) is 1. The minimum absolute atomic E-state index is 0.131. The summed E-state index contributed by atoms with van der Waals surface area (Å²) in [7, 11) is 0. The van der Waals surface area contributed by atoms with Gasteiger partial charge in [-0.25, -0.2) is 4.39 Å². The van der Waals surface area contributed by atoms with Gasteiger partial charge in [-0.05, 0) is 43.0 Å². The number of aryl methyl sites for hydroxylation is 1. The lowest BCUT2D eigenvalue weighted by Crippen LogP contribution is -2.25. The topological polar surface area (TPSA) is 24.9 Å². The second kappa shape index (κ2) is 7.32. The molecule has 1 aromatic carbocycles. The first-order valence-electron chi connectivity index (χ1n) is 7.60. The highest BCUT2D eigenvalue weighted by Crippen LogP contribution is 2.21. The number of nitrogens with zero attached hydrogens (tertiary/aromatic N) is 1. The van der Waals surface area contributed by atoms with Crippen LogP contribution in [0.1, 0.15) is 56.1 Å². The van der Waals surface area contributed by atoms with E-state index in [4.69, 9.17) is 0 Å². The summed E-state index contributed by atoms with van der Waals surface area (Å²) in [6, 6.07) is 12.3. The molecule has 2 atom stereocenters. The number of aromatic nitrogens is 1. The van der Waals surface area contributed by atoms with Crippen molar-refractivity contribution in [2.75, 3.05) is 0 Å². The third kappa shape index (κ3) is 4.11. The van der Waals surface area contributed by atoms with Crippen molar-refractivity contribution >= 4 is 0 Å². The van der Waals surface area contributed by atoms with E-state index in [-0.39, 0.29) is 17.9 Å². The fraction of sp³-hybridized carbons (Fsp3) is 0.389. The van der Waals surface area contributed by atoms with E-state index in [1.54, 1.807) is 6.07 Å². The highest BCUT2D eigenvalue weighted by Gasteiger charge is 2.15. The average Bonchev–Trinajstić information content (AvgIpc) is 2.53. The Morgan fingerprint density at radius 3 is 2.33 bits per heavy atom. The Kier molecular flexibility index (Phi) is 5.45. The second-order valence-corrected chi connectivity index (χ2v) is 5.35. The summed E-state index contributed by atoms with van der Waals surface area (Å²) in [6.45, 7) is 6.41. The van der Waals surface area contributed by atoms with Gasteiger partial charge in [-0.1, -0.05) is 38.1 Å². The van der Waals surface area contributed by atoms with Crippen LogP contribution in [0.15, 0.2) is 42.6 Å². The third-order valence-corrected chi connectivity index (χ3v) is 3.85. The zero-order valence-electron chi connectivity index (χ0n) is 12.9. The Morgan fingerprint density at radius 1 is 1.10 bits per heavy atom. The summed E-state index contributed by atoms with van der Waals surface area (Å²) in [6.07, 6.45) is 3.25. The molecule has 1 aromatic heterocycles. The molecular formula is C18H23FN2. The normalized spacial score (nSPS) is 13.9. The molecule has 1 N–H and O–H groups in total. The lowest BCUT2D eigenvalue weighted by atomic mass is 10.0. The molecule has 0 saturated heterocycles. The molecule has 112 valence electrons. The van der Waals surface area contributed by atoms with Crippen LogP contribution >= 0.6 is 0 Å². The van der Waals surface area contributed by atoms with E-state index in [9.17, 15) is 4.39 Å². The van der Waals surface area contributed by atoms with Crippen LogP contribution in [0.3, 0.4) is 0 Å². The van der Waals surface area contributed by atoms with Gasteiger partial charge in [-0.3, -0.25) is 4.98 Å². The Hall–Kier alpha value is -1.74. The summed E-state index contributed by atoms with van der Waals surface area (Å²) in [5.41, 5.74) is 3.49. The Balaban J connectivity index is 2.08. The van der Waals surface area contributed by atoms with E-state index >= 15 is 0 Å². The van der Waals surface area contributed by atoms with Crippen LogP contribution in [-0.4, -0.2) is 4.98 Å². The quantitative estimate of drug-likeness (QED) is 0.840. The number of nitrogens with one attached hydrogen (secondary N) is 1. The van der Waals surface area contributed by atoms with Crippen LogP contribution in [0, 0.1) is 5.82 Å². The van der Waals surface area contributed by atoms with E-state index in [2.05, 4.69) is 55.3 Å². The Morgan fingerprint density at radius 2 is 1.81 bits per heavy atom. The maximum absolute atomic E-state index is 13.0. The van der Waals surface area contributed by atoms with Gasteiger partial charge in [-0.2, -0.15) is 0 Å². The van der Waals surface area contributed by atoms with Gasteiger partial charge in [0.2, 0.25) is 0 Å². The van der Waals surface area contributed by atoms with Gasteiger partial charge in [0.1, 0.15) is 5.82 Å². The van der Waals surface area contributed by atoms with E-state index in [0.717, 1.165) is 18.5 Å². The Labute approximate surface area is 126 Å². The molecule has 0 bridgehead atoms. The first-order chi connectivity index (χ1) is 10.1. The summed E-state index contributed by atoms with van der Waals surface area (Å²) in [5, 5.41) is 3.57. The van der Waals surface area contributed by atoms with Gasteiger partial charge < -0.3 is 5.32 Å². The predicted molar refractivity (Wildman–Crippen MR) is 84.6 cm³/mol. The molecule has 2 aromatic rings. The van der Waals surface area contributed by atoms with Crippen molar-refractivity contribution in [1.82, 2.24) is 10.3 Å². The summed E-state index contributed by atoms with van der Waals surface area (Å²) in [5.74, 6) is -0.295. The number of hydrogen-bond acceptors (Lipinski definition) is 2. The fourth-order valence-corrected chi connectivity index (χ4v) is 2.45. The standard InChI is InChI=1S/C18H23FN2/c1-4-14-6-8-15(9-7-14)13(3)21-17(5-2)18-11-10-16(19)12-20-18/h6-13,17,21H,4-5H2,1-3H3. The molecule has 0 aliphatic rings. The van der Waals surface area contributed by atoms with Crippen molar-refractivity contribution in [2.45, 2.75) is 45.7 Å². The van der Waals surface area contributed by atoms with E-state index in [0.29, 0.717) is 0 Å². The van der Waals surface area contributed by atoms with Crippen LogP contribution < -0.4 is 5.32 Å². The van der Waals surface area contributed by atoms with Crippen molar-refractivity contribution in [3.05, 3.63) is 65.2 Å². The monoisotopic (exact) mass is 286 g/mol. The predicted octanol–water partition coefficient (Wildman–Crippen LogP) is 4.59. The van der Waals surface area contributed by atoms with Gasteiger partial charge in [0.25, 0.3) is 0 Å². The minimum Gasteiger partial charge on any atom is -0.302 e. The molecule has 2 rings (SSSR count). The number of halogens is 1. The molecule has 0 amide bonds. The number of rotatable bonds is 6. The zero-order valence-corrected chi connectivity index (χ0v) is 12.9. The molecule has 0 radical (unpaired) electrons. The van der Waals surface area contributed by atoms with Crippen molar-refractivity contribution in [1.29, 1.82) is 0 Å². The molecule has 2 unspecified atom stereocenters. The maximum atomic E-state index is 13.0. The molecular weight excluding hydrogens is 263 g/mol. The van der Waals surface area contributed by atoms with E-state index in [1.807, 2.05) is 0 Å². The van der Waals surface area contributed by atoms with Crippen LogP contribution in [0.5, 0.6) is 0 Å². The SMILES string of the molecule is CCc1ccc(C(C)NC(CC)c2ccc(F)cn2)cc1. The molecule has 0 fully saturated rings.